The van der Waals surface area contributed by atoms with Crippen molar-refractivity contribution in [3.63, 3.8) is 0 Å². The Hall–Kier alpha value is -6.26. The molecule has 78 heavy (non-hydrogen) atoms. The van der Waals surface area contributed by atoms with Gasteiger partial charge >= 0.3 is 23.6 Å². The summed E-state index contributed by atoms with van der Waals surface area (Å²) < 4.78 is 51.5. The van der Waals surface area contributed by atoms with Crippen LogP contribution in [0.2, 0.25) is 0 Å². The predicted octanol–water partition coefficient (Wildman–Crippen LogP) is 5.72. The number of rotatable bonds is 14. The van der Waals surface area contributed by atoms with Gasteiger partial charge in [-0.3, -0.25) is 57.9 Å². The molecule has 0 spiro atoms. The van der Waals surface area contributed by atoms with E-state index in [1.54, 1.807) is 97.0 Å². The number of esters is 3. The maximum absolute atomic E-state index is 16.9. The van der Waals surface area contributed by atoms with Crippen molar-refractivity contribution in [3.8, 4) is 0 Å². The van der Waals surface area contributed by atoms with Crippen molar-refractivity contribution in [2.24, 2.45) is 23.7 Å². The normalized spacial score (nSPS) is 29.9. The van der Waals surface area contributed by atoms with Gasteiger partial charge in [0.1, 0.15) is 6.17 Å². The van der Waals surface area contributed by atoms with E-state index in [1.165, 1.54) is 57.1 Å². The van der Waals surface area contributed by atoms with Crippen molar-refractivity contribution in [1.29, 1.82) is 0 Å². The first-order valence-corrected chi connectivity index (χ1v) is 29.2. The molecule has 5 aliphatic heterocycles. The molecular formula is C56H65N5O14S3. The molecule has 3 aromatic carbocycles. The van der Waals surface area contributed by atoms with Gasteiger partial charge in [0.2, 0.25) is 0 Å². The maximum Gasteiger partial charge on any atom is 0.311 e. The van der Waals surface area contributed by atoms with Gasteiger partial charge < -0.3 is 19.1 Å². The van der Waals surface area contributed by atoms with E-state index in [0.717, 1.165) is 25.9 Å². The molecule has 0 bridgehead atoms. The Bertz CT molecular complexity index is 3210. The molecule has 4 amide bonds. The van der Waals surface area contributed by atoms with Crippen molar-refractivity contribution < 1.29 is 65.8 Å². The lowest BCUT2D eigenvalue weighted by Crippen LogP contribution is -2.78. The number of benzene rings is 3. The van der Waals surface area contributed by atoms with E-state index in [4.69, 9.17) is 14.2 Å². The number of anilines is 1. The van der Waals surface area contributed by atoms with Gasteiger partial charge in [-0.25, -0.2) is 12.7 Å². The van der Waals surface area contributed by atoms with Gasteiger partial charge in [-0.1, -0.05) is 123 Å². The number of carbonyl (C=O) groups excluding carboxylic acids is 9. The zero-order chi connectivity index (χ0) is 57.2. The van der Waals surface area contributed by atoms with Crippen molar-refractivity contribution in [2.45, 2.75) is 144 Å². The molecule has 0 saturated carbocycles. The first kappa shape index (κ1) is 56.5. The summed E-state index contributed by atoms with van der Waals surface area (Å²) in [7, 11) is -2.42. The number of hydrogen-bond acceptors (Lipinski definition) is 16. The third-order valence-electron chi connectivity index (χ3n) is 16.6. The Morgan fingerprint density at radius 3 is 1.63 bits per heavy atom. The molecule has 19 nitrogen and oxygen atoms in total. The maximum atomic E-state index is 16.9. The van der Waals surface area contributed by atoms with Crippen molar-refractivity contribution in [3.05, 3.63) is 95.6 Å². The van der Waals surface area contributed by atoms with Crippen molar-refractivity contribution in [1.82, 2.24) is 19.6 Å². The minimum absolute atomic E-state index is 0.0354. The number of thioether (sulfide) groups is 2. The van der Waals surface area contributed by atoms with Gasteiger partial charge in [-0.15, -0.1) is 0 Å². The van der Waals surface area contributed by atoms with Crippen LogP contribution in [0.1, 0.15) is 105 Å². The van der Waals surface area contributed by atoms with Crippen LogP contribution in [0.3, 0.4) is 0 Å². The summed E-state index contributed by atoms with van der Waals surface area (Å²) in [4.78, 5) is 136. The number of ether oxygens (including phenoxy) is 3. The van der Waals surface area contributed by atoms with Gasteiger partial charge in [0.15, 0.2) is 26.6 Å². The summed E-state index contributed by atoms with van der Waals surface area (Å²) in [6.07, 6.45) is -3.25. The van der Waals surface area contributed by atoms with E-state index in [1.807, 2.05) is 6.07 Å². The monoisotopic (exact) mass is 1130 g/mol. The minimum atomic E-state index is -4.95. The zero-order valence-electron chi connectivity index (χ0n) is 45.7. The first-order chi connectivity index (χ1) is 36.6. The number of fused-ring (bicyclic) bond motifs is 11. The number of piperazine rings is 2. The molecule has 416 valence electrons. The van der Waals surface area contributed by atoms with Gasteiger partial charge in [0.05, 0.1) is 27.8 Å². The van der Waals surface area contributed by atoms with Gasteiger partial charge in [0, 0.05) is 63.6 Å². The van der Waals surface area contributed by atoms with Gasteiger partial charge in [-0.05, 0) is 64.8 Å². The molecule has 4 saturated heterocycles. The average molecular weight is 1130 g/mol. The summed E-state index contributed by atoms with van der Waals surface area (Å²) in [6.45, 7) is 14.2. The quantitative estimate of drug-likeness (QED) is 0.139. The summed E-state index contributed by atoms with van der Waals surface area (Å²) in [5.41, 5.74) is -7.57. The number of hydrogen-bond donors (Lipinski definition) is 0. The molecule has 5 heterocycles. The van der Waals surface area contributed by atoms with Crippen LogP contribution in [-0.4, -0.2) is 134 Å². The highest BCUT2D eigenvalue weighted by Gasteiger charge is 2.87. The van der Waals surface area contributed by atoms with E-state index in [0.29, 0.717) is 34.7 Å². The molecule has 4 fully saturated rings. The predicted molar refractivity (Wildman–Crippen MR) is 287 cm³/mol. The number of sulfonamides is 1. The van der Waals surface area contributed by atoms with E-state index in [-0.39, 0.29) is 29.0 Å². The third-order valence-corrected chi connectivity index (χ3v) is 21.4. The number of nitrogens with zero attached hydrogens (tertiary/aromatic N) is 5. The molecule has 0 aromatic heterocycles. The highest BCUT2D eigenvalue weighted by molar-refractivity contribution is 8.15. The molecule has 8 atom stereocenters. The van der Waals surface area contributed by atoms with Crippen molar-refractivity contribution in [2.75, 3.05) is 25.0 Å². The summed E-state index contributed by atoms with van der Waals surface area (Å²) in [6, 6.07) is 19.8. The Kier molecular flexibility index (Phi) is 13.9. The van der Waals surface area contributed by atoms with Crippen LogP contribution in [0, 0.1) is 23.7 Å². The summed E-state index contributed by atoms with van der Waals surface area (Å²) >= 11 is 1.15. The molecule has 9 rings (SSSR count). The molecule has 6 aliphatic rings. The highest BCUT2D eigenvalue weighted by atomic mass is 32.2. The van der Waals surface area contributed by atoms with Crippen LogP contribution < -0.4 is 4.31 Å². The first-order valence-electron chi connectivity index (χ1n) is 26.1. The lowest BCUT2D eigenvalue weighted by Gasteiger charge is -2.54. The second kappa shape index (κ2) is 19.2. The molecule has 3 aromatic rings. The molecule has 0 radical (unpaired) electrons. The Balaban J connectivity index is 1.48. The zero-order valence-corrected chi connectivity index (χ0v) is 48.1. The standard InChI is InChI=1S/C56H65N5O14S3/c1-13-53(74-42(63)31(2)3)47(67)59-41-27-36-21-17-18-24-38(36)51(41,28-55(59,49(69)57(53)11)76-44(65)33(6)7)52-29-56(77-45(66)34(8)9)50(70)58(12)54(30-73-35(10)62,75-43(64)32(4)5)48(68)60(56)46(52)61(40-26-20-19-25-39(40)52)78(71,72)37-22-15-14-16-23-37/h14-26,31-34,41,46H,13,27-30H2,1-12H3/t41-,46-,51-,52-,53+,54+,55-,56-/m0/s1. The van der Waals surface area contributed by atoms with E-state index < -0.39 is 149 Å². The van der Waals surface area contributed by atoms with Crippen LogP contribution in [0.5, 0.6) is 0 Å². The summed E-state index contributed by atoms with van der Waals surface area (Å²) in [5.74, 6) is -9.74. The molecular weight excluding hydrogens is 1060 g/mol. The number of likely N-dealkylation sites (N-methyl/N-ethyl adjacent to an activating group) is 2. The SMILES string of the molecule is CC[C@@]1(OC(=O)C(C)C)C(=O)N2[C@H]3Cc4ccccc4[C@@]3([C@]34C[C@]5(SC(=O)C(C)C)C(=O)N(C)[C@](COC(C)=O)(OC(=O)C(C)C)C(=O)N5[C@H]3N(S(=O)(=O)c3ccccc3)c3ccccc34)C[C@]2(SC(=O)C(C)C)C(=O)N1C. The van der Waals surface area contributed by atoms with E-state index in [2.05, 4.69) is 0 Å². The average Bonchev–Trinajstić information content (AvgIpc) is 2.19. The molecule has 0 unspecified atom stereocenters. The van der Waals surface area contributed by atoms with E-state index in [9.17, 15) is 24.0 Å². The fourth-order valence-corrected chi connectivity index (χ4v) is 17.3. The smallest absolute Gasteiger partial charge is 0.311 e. The Labute approximate surface area is 462 Å². The lowest BCUT2D eigenvalue weighted by atomic mass is 9.53. The summed E-state index contributed by atoms with van der Waals surface area (Å²) in [5, 5.41) is -1.07. The van der Waals surface area contributed by atoms with Gasteiger partial charge in [0.25, 0.3) is 39.4 Å². The lowest BCUT2D eigenvalue weighted by molar-refractivity contribution is -0.223. The topological polar surface area (TPSA) is 232 Å². The molecule has 22 heteroatoms. The largest absolute Gasteiger partial charge is 0.459 e. The number of amides is 4. The number of carbonyl (C=O) groups is 9. The molecule has 0 N–H and O–H groups in total. The fraction of sp³-hybridized carbons (Fsp3) is 0.518. The van der Waals surface area contributed by atoms with Crippen molar-refractivity contribution >= 4 is 91.0 Å². The molecule has 1 aliphatic carbocycles. The van der Waals surface area contributed by atoms with Gasteiger partial charge in [-0.2, -0.15) is 0 Å². The second-order valence-corrected chi connectivity index (χ2v) is 26.7. The van der Waals surface area contributed by atoms with Crippen LogP contribution in [-0.2, 0) is 84.6 Å². The second-order valence-electron chi connectivity index (χ2n) is 22.3. The highest BCUT2D eigenvalue weighted by Crippen LogP contribution is 2.76. The van der Waals surface area contributed by atoms with Crippen LogP contribution in [0.15, 0.2) is 83.8 Å². The Morgan fingerprint density at radius 2 is 1.09 bits per heavy atom. The van der Waals surface area contributed by atoms with Crippen LogP contribution in [0.4, 0.5) is 5.69 Å². The van der Waals surface area contributed by atoms with Crippen LogP contribution >= 0.6 is 23.5 Å². The third kappa shape index (κ3) is 7.49. The fourth-order valence-electron chi connectivity index (χ4n) is 12.8. The van der Waals surface area contributed by atoms with E-state index >= 15 is 27.6 Å². The number of para-hydroxylation sites is 1. The Morgan fingerprint density at radius 1 is 0.615 bits per heavy atom. The minimum Gasteiger partial charge on any atom is -0.459 e. The van der Waals surface area contributed by atoms with Crippen LogP contribution in [0.25, 0.3) is 0 Å².